The average molecular weight is 366 g/mol. The van der Waals surface area contributed by atoms with Crippen LogP contribution in [0.3, 0.4) is 0 Å². The number of hydrogen-bond donors (Lipinski definition) is 2. The number of nitrogens with one attached hydrogen (secondary N) is 2. The summed E-state index contributed by atoms with van der Waals surface area (Å²) in [6.45, 7) is 1.47. The molecular formula is C21H19FN2O3. The van der Waals surface area contributed by atoms with E-state index in [2.05, 4.69) is 10.9 Å². The number of rotatable bonds is 5. The van der Waals surface area contributed by atoms with Crippen molar-refractivity contribution in [3.05, 3.63) is 78.1 Å². The number of halogens is 1. The first-order chi connectivity index (χ1) is 13.0. The lowest BCUT2D eigenvalue weighted by Gasteiger charge is -2.15. The number of carbonyl (C=O) groups excluding carboxylic acids is 2. The molecule has 5 nitrogen and oxygen atoms in total. The first-order valence-corrected chi connectivity index (χ1v) is 8.51. The van der Waals surface area contributed by atoms with Gasteiger partial charge in [0, 0.05) is 0 Å². The van der Waals surface area contributed by atoms with Crippen LogP contribution in [0.5, 0.6) is 5.75 Å². The Labute approximate surface area is 156 Å². The Morgan fingerprint density at radius 2 is 1.67 bits per heavy atom. The molecule has 6 heteroatoms. The SMILES string of the molecule is CC(Oc1ccccc1F)C(=O)NNC(=O)Cc1cccc2ccccc12. The van der Waals surface area contributed by atoms with Gasteiger partial charge in [0.05, 0.1) is 6.42 Å². The van der Waals surface area contributed by atoms with Crippen molar-refractivity contribution < 1.29 is 18.7 Å². The van der Waals surface area contributed by atoms with E-state index in [-0.39, 0.29) is 18.1 Å². The number of fused-ring (bicyclic) bond motifs is 1. The number of ether oxygens (including phenoxy) is 1. The van der Waals surface area contributed by atoms with E-state index in [0.29, 0.717) is 0 Å². The first kappa shape index (κ1) is 18.4. The Bertz CT molecular complexity index is 969. The fourth-order valence-electron chi connectivity index (χ4n) is 2.68. The third-order valence-corrected chi connectivity index (χ3v) is 4.07. The second-order valence-electron chi connectivity index (χ2n) is 6.04. The van der Waals surface area contributed by atoms with Crippen LogP contribution in [0.25, 0.3) is 10.8 Å². The second-order valence-corrected chi connectivity index (χ2v) is 6.04. The van der Waals surface area contributed by atoms with Crippen molar-refractivity contribution in [2.24, 2.45) is 0 Å². The van der Waals surface area contributed by atoms with Crippen LogP contribution in [0.4, 0.5) is 4.39 Å². The normalized spacial score (nSPS) is 11.6. The van der Waals surface area contributed by atoms with E-state index in [1.807, 2.05) is 42.5 Å². The highest BCUT2D eigenvalue weighted by atomic mass is 19.1. The van der Waals surface area contributed by atoms with E-state index in [4.69, 9.17) is 4.74 Å². The predicted octanol–water partition coefficient (Wildman–Crippen LogP) is 3.14. The Kier molecular flexibility index (Phi) is 5.66. The quantitative estimate of drug-likeness (QED) is 0.682. The summed E-state index contributed by atoms with van der Waals surface area (Å²) in [6, 6.07) is 19.3. The molecule has 0 aliphatic carbocycles. The molecule has 0 bridgehead atoms. The predicted molar refractivity (Wildman–Crippen MR) is 100 cm³/mol. The van der Waals surface area contributed by atoms with Crippen LogP contribution in [0.1, 0.15) is 12.5 Å². The summed E-state index contributed by atoms with van der Waals surface area (Å²) in [5.74, 6) is -1.53. The maximum absolute atomic E-state index is 13.6. The molecule has 0 radical (unpaired) electrons. The molecule has 0 aromatic heterocycles. The van der Waals surface area contributed by atoms with Crippen molar-refractivity contribution in [2.75, 3.05) is 0 Å². The number of benzene rings is 3. The van der Waals surface area contributed by atoms with Crippen LogP contribution in [0, 0.1) is 5.82 Å². The lowest BCUT2D eigenvalue weighted by molar-refractivity contribution is -0.132. The molecular weight excluding hydrogens is 347 g/mol. The highest BCUT2D eigenvalue weighted by Gasteiger charge is 2.17. The van der Waals surface area contributed by atoms with Crippen LogP contribution in [-0.4, -0.2) is 17.9 Å². The Balaban J connectivity index is 1.55. The van der Waals surface area contributed by atoms with Crippen molar-refractivity contribution in [2.45, 2.75) is 19.4 Å². The Morgan fingerprint density at radius 1 is 0.963 bits per heavy atom. The molecule has 2 amide bonds. The van der Waals surface area contributed by atoms with Gasteiger partial charge >= 0.3 is 0 Å². The number of hydrazine groups is 1. The number of carbonyl (C=O) groups is 2. The van der Waals surface area contributed by atoms with Crippen LogP contribution in [0.2, 0.25) is 0 Å². The molecule has 138 valence electrons. The summed E-state index contributed by atoms with van der Waals surface area (Å²) >= 11 is 0. The fraction of sp³-hybridized carbons (Fsp3) is 0.143. The van der Waals surface area contributed by atoms with Gasteiger partial charge in [0.15, 0.2) is 17.7 Å². The van der Waals surface area contributed by atoms with Crippen molar-refractivity contribution in [1.82, 2.24) is 10.9 Å². The van der Waals surface area contributed by atoms with Gasteiger partial charge in [-0.1, -0.05) is 54.6 Å². The van der Waals surface area contributed by atoms with Crippen LogP contribution in [0.15, 0.2) is 66.7 Å². The molecule has 0 fully saturated rings. The first-order valence-electron chi connectivity index (χ1n) is 8.51. The second kappa shape index (κ2) is 8.31. The maximum Gasteiger partial charge on any atom is 0.279 e. The lowest BCUT2D eigenvalue weighted by Crippen LogP contribution is -2.47. The molecule has 0 aliphatic rings. The third-order valence-electron chi connectivity index (χ3n) is 4.07. The van der Waals surface area contributed by atoms with Crippen molar-refractivity contribution in [3.63, 3.8) is 0 Å². The molecule has 0 spiro atoms. The Hall–Kier alpha value is -3.41. The topological polar surface area (TPSA) is 67.4 Å². The van der Waals surface area contributed by atoms with Gasteiger partial charge < -0.3 is 4.74 Å². The average Bonchev–Trinajstić information content (AvgIpc) is 2.68. The van der Waals surface area contributed by atoms with Gasteiger partial charge in [0.25, 0.3) is 5.91 Å². The van der Waals surface area contributed by atoms with Crippen molar-refractivity contribution in [1.29, 1.82) is 0 Å². The maximum atomic E-state index is 13.6. The molecule has 0 saturated carbocycles. The van der Waals surface area contributed by atoms with Gasteiger partial charge in [-0.2, -0.15) is 0 Å². The van der Waals surface area contributed by atoms with E-state index < -0.39 is 17.8 Å². The summed E-state index contributed by atoms with van der Waals surface area (Å²) in [5.41, 5.74) is 5.53. The third kappa shape index (κ3) is 4.61. The zero-order valence-electron chi connectivity index (χ0n) is 14.7. The number of amides is 2. The molecule has 27 heavy (non-hydrogen) atoms. The summed E-state index contributed by atoms with van der Waals surface area (Å²) in [6.07, 6.45) is -0.857. The van der Waals surface area contributed by atoms with Gasteiger partial charge in [-0.05, 0) is 35.4 Å². The molecule has 3 rings (SSSR count). The fourth-order valence-corrected chi connectivity index (χ4v) is 2.68. The van der Waals surface area contributed by atoms with Gasteiger partial charge in [0.2, 0.25) is 5.91 Å². The number of para-hydroxylation sites is 1. The lowest BCUT2D eigenvalue weighted by atomic mass is 10.0. The van der Waals surface area contributed by atoms with Crippen molar-refractivity contribution in [3.8, 4) is 5.75 Å². The monoisotopic (exact) mass is 366 g/mol. The molecule has 3 aromatic carbocycles. The zero-order chi connectivity index (χ0) is 19.2. The highest BCUT2D eigenvalue weighted by Crippen LogP contribution is 2.19. The van der Waals surface area contributed by atoms with Gasteiger partial charge in [0.1, 0.15) is 0 Å². The smallest absolute Gasteiger partial charge is 0.279 e. The van der Waals surface area contributed by atoms with Crippen LogP contribution < -0.4 is 15.6 Å². The van der Waals surface area contributed by atoms with E-state index in [1.54, 1.807) is 6.07 Å². The van der Waals surface area contributed by atoms with E-state index in [1.165, 1.54) is 25.1 Å². The largest absolute Gasteiger partial charge is 0.478 e. The molecule has 1 atom stereocenters. The summed E-state index contributed by atoms with van der Waals surface area (Å²) in [5, 5.41) is 2.02. The van der Waals surface area contributed by atoms with Crippen molar-refractivity contribution >= 4 is 22.6 Å². The highest BCUT2D eigenvalue weighted by molar-refractivity contribution is 5.91. The van der Waals surface area contributed by atoms with E-state index in [0.717, 1.165) is 16.3 Å². The summed E-state index contributed by atoms with van der Waals surface area (Å²) in [7, 11) is 0. The molecule has 3 aromatic rings. The van der Waals surface area contributed by atoms with E-state index in [9.17, 15) is 14.0 Å². The summed E-state index contributed by atoms with van der Waals surface area (Å²) in [4.78, 5) is 24.2. The molecule has 2 N–H and O–H groups in total. The minimum absolute atomic E-state index is 0.0257. The molecule has 0 heterocycles. The number of hydrogen-bond acceptors (Lipinski definition) is 3. The summed E-state index contributed by atoms with van der Waals surface area (Å²) < 4.78 is 18.8. The molecule has 1 unspecified atom stereocenters. The minimum atomic E-state index is -0.972. The molecule has 0 aliphatic heterocycles. The Morgan fingerprint density at radius 3 is 2.48 bits per heavy atom. The van der Waals surface area contributed by atoms with Gasteiger partial charge in [-0.3, -0.25) is 20.4 Å². The van der Waals surface area contributed by atoms with Crippen LogP contribution in [-0.2, 0) is 16.0 Å². The standard InChI is InChI=1S/C21H19FN2O3/c1-14(27-19-12-5-4-11-18(19)22)21(26)24-23-20(25)13-16-9-6-8-15-7-2-3-10-17(15)16/h2-12,14H,13H2,1H3,(H,23,25)(H,24,26). The van der Waals surface area contributed by atoms with Gasteiger partial charge in [-0.25, -0.2) is 4.39 Å². The van der Waals surface area contributed by atoms with Gasteiger partial charge in [-0.15, -0.1) is 0 Å². The zero-order valence-corrected chi connectivity index (χ0v) is 14.7. The molecule has 0 saturated heterocycles. The van der Waals surface area contributed by atoms with E-state index >= 15 is 0 Å². The minimum Gasteiger partial charge on any atom is -0.478 e. The van der Waals surface area contributed by atoms with Crippen LogP contribution >= 0.6 is 0 Å².